The number of carbonyl (C=O) groups is 1. The van der Waals surface area contributed by atoms with Gasteiger partial charge in [0.15, 0.2) is 0 Å². The van der Waals surface area contributed by atoms with Crippen molar-refractivity contribution in [3.8, 4) is 5.75 Å². The monoisotopic (exact) mass is 252 g/mol. The van der Waals surface area contributed by atoms with Gasteiger partial charge >= 0.3 is 5.97 Å². The molecule has 100 valence electrons. The Morgan fingerprint density at radius 3 is 2.56 bits per heavy atom. The summed E-state index contributed by atoms with van der Waals surface area (Å²) < 4.78 is 9.80. The molecule has 1 aromatic rings. The van der Waals surface area contributed by atoms with Gasteiger partial charge in [0.1, 0.15) is 17.6 Å². The number of esters is 1. The molecule has 0 aliphatic heterocycles. The van der Waals surface area contributed by atoms with Crippen molar-refractivity contribution < 1.29 is 14.3 Å². The minimum Gasteiger partial charge on any atom is -0.495 e. The van der Waals surface area contributed by atoms with Gasteiger partial charge in [-0.2, -0.15) is 0 Å². The van der Waals surface area contributed by atoms with Gasteiger partial charge in [0.25, 0.3) is 0 Å². The average Bonchev–Trinajstić information content (AvgIpc) is 2.37. The van der Waals surface area contributed by atoms with Gasteiger partial charge in [0, 0.05) is 0 Å². The number of nitrogens with zero attached hydrogens (tertiary/aromatic N) is 1. The fourth-order valence-electron chi connectivity index (χ4n) is 1.59. The zero-order valence-corrected chi connectivity index (χ0v) is 11.3. The molecule has 1 N–H and O–H groups in total. The second kappa shape index (κ2) is 6.83. The molecule has 0 amide bonds. The Balaban J connectivity index is 2.72. The smallest absolute Gasteiger partial charge is 0.328 e. The molecule has 5 heteroatoms. The van der Waals surface area contributed by atoms with Crippen LogP contribution in [0.5, 0.6) is 5.75 Å². The molecule has 0 saturated carbocycles. The van der Waals surface area contributed by atoms with Gasteiger partial charge in [-0.25, -0.2) is 9.78 Å². The summed E-state index contributed by atoms with van der Waals surface area (Å²) in [5.41, 5.74) is 0. The third-order valence-corrected chi connectivity index (χ3v) is 2.49. The van der Waals surface area contributed by atoms with E-state index in [1.807, 2.05) is 0 Å². The van der Waals surface area contributed by atoms with E-state index >= 15 is 0 Å². The van der Waals surface area contributed by atoms with Crippen LogP contribution in [0.3, 0.4) is 0 Å². The van der Waals surface area contributed by atoms with Gasteiger partial charge in [-0.05, 0) is 24.5 Å². The summed E-state index contributed by atoms with van der Waals surface area (Å²) in [7, 11) is 2.97. The Morgan fingerprint density at radius 1 is 1.39 bits per heavy atom. The van der Waals surface area contributed by atoms with Gasteiger partial charge in [-0.15, -0.1) is 0 Å². The van der Waals surface area contributed by atoms with Crippen LogP contribution in [0.2, 0.25) is 0 Å². The molecule has 1 rings (SSSR count). The van der Waals surface area contributed by atoms with E-state index in [2.05, 4.69) is 24.1 Å². The van der Waals surface area contributed by atoms with E-state index in [0.29, 0.717) is 23.9 Å². The molecule has 1 aromatic heterocycles. The third-order valence-electron chi connectivity index (χ3n) is 2.49. The van der Waals surface area contributed by atoms with Crippen LogP contribution < -0.4 is 10.1 Å². The van der Waals surface area contributed by atoms with E-state index in [9.17, 15) is 4.79 Å². The lowest BCUT2D eigenvalue weighted by molar-refractivity contribution is -0.141. The van der Waals surface area contributed by atoms with Crippen LogP contribution in [0.25, 0.3) is 0 Å². The van der Waals surface area contributed by atoms with Crippen molar-refractivity contribution in [2.45, 2.75) is 26.3 Å². The summed E-state index contributed by atoms with van der Waals surface area (Å²) in [5, 5.41) is 3.07. The standard InChI is InChI=1S/C13H20N2O3/c1-9(2)7-11(13(16)18-4)15-12-6-5-10(17-3)8-14-12/h5-6,8-9,11H,7H2,1-4H3,(H,14,15). The molecule has 5 nitrogen and oxygen atoms in total. The number of anilines is 1. The number of hydrogen-bond donors (Lipinski definition) is 1. The van der Waals surface area contributed by atoms with Crippen molar-refractivity contribution in [1.29, 1.82) is 0 Å². The molecule has 0 saturated heterocycles. The number of nitrogens with one attached hydrogen (secondary N) is 1. The van der Waals surface area contributed by atoms with Gasteiger partial charge in [0.05, 0.1) is 20.4 Å². The number of pyridine rings is 1. The van der Waals surface area contributed by atoms with Crippen molar-refractivity contribution >= 4 is 11.8 Å². The Kier molecular flexibility index (Phi) is 5.42. The molecule has 1 unspecified atom stereocenters. The minimum absolute atomic E-state index is 0.277. The minimum atomic E-state index is -0.379. The highest BCUT2D eigenvalue weighted by atomic mass is 16.5. The van der Waals surface area contributed by atoms with Crippen LogP contribution in [-0.2, 0) is 9.53 Å². The van der Waals surface area contributed by atoms with Crippen molar-refractivity contribution in [2.75, 3.05) is 19.5 Å². The van der Waals surface area contributed by atoms with Crippen molar-refractivity contribution in [3.05, 3.63) is 18.3 Å². The van der Waals surface area contributed by atoms with Crippen LogP contribution in [0.15, 0.2) is 18.3 Å². The lowest BCUT2D eigenvalue weighted by Gasteiger charge is -2.18. The molecule has 0 aliphatic carbocycles. The van der Waals surface area contributed by atoms with Crippen molar-refractivity contribution in [3.63, 3.8) is 0 Å². The Bertz CT molecular complexity index is 376. The molecule has 18 heavy (non-hydrogen) atoms. The molecule has 0 aliphatic rings. The second-order valence-corrected chi connectivity index (χ2v) is 4.43. The van der Waals surface area contributed by atoms with E-state index in [-0.39, 0.29) is 12.0 Å². The van der Waals surface area contributed by atoms with Gasteiger partial charge < -0.3 is 14.8 Å². The SMILES string of the molecule is COC(=O)C(CC(C)C)Nc1ccc(OC)cn1. The summed E-state index contributed by atoms with van der Waals surface area (Å²) in [4.78, 5) is 15.8. The lowest BCUT2D eigenvalue weighted by atomic mass is 10.0. The van der Waals surface area contributed by atoms with Crippen LogP contribution in [0.1, 0.15) is 20.3 Å². The molecule has 1 heterocycles. The highest BCUT2D eigenvalue weighted by Crippen LogP contribution is 2.15. The van der Waals surface area contributed by atoms with E-state index in [1.165, 1.54) is 7.11 Å². The second-order valence-electron chi connectivity index (χ2n) is 4.43. The third kappa shape index (κ3) is 4.24. The predicted octanol–water partition coefficient (Wildman–Crippen LogP) is 2.09. The fourth-order valence-corrected chi connectivity index (χ4v) is 1.59. The lowest BCUT2D eigenvalue weighted by Crippen LogP contribution is -2.32. The number of methoxy groups -OCH3 is 2. The Labute approximate surface area is 108 Å². The quantitative estimate of drug-likeness (QED) is 0.785. The van der Waals surface area contributed by atoms with E-state index in [4.69, 9.17) is 9.47 Å². The first-order valence-corrected chi connectivity index (χ1v) is 5.91. The van der Waals surface area contributed by atoms with E-state index in [0.717, 1.165) is 0 Å². The van der Waals surface area contributed by atoms with Crippen LogP contribution >= 0.6 is 0 Å². The molecular weight excluding hydrogens is 232 g/mol. The summed E-state index contributed by atoms with van der Waals surface area (Å²) in [5.74, 6) is 1.42. The first-order valence-electron chi connectivity index (χ1n) is 5.91. The highest BCUT2D eigenvalue weighted by Gasteiger charge is 2.20. The van der Waals surface area contributed by atoms with Gasteiger partial charge in [-0.1, -0.05) is 13.8 Å². The maximum Gasteiger partial charge on any atom is 0.328 e. The topological polar surface area (TPSA) is 60.5 Å². The van der Waals surface area contributed by atoms with E-state index in [1.54, 1.807) is 25.4 Å². The first kappa shape index (κ1) is 14.3. The summed E-state index contributed by atoms with van der Waals surface area (Å²) in [6, 6.07) is 3.18. The molecule has 1 atom stereocenters. The Hall–Kier alpha value is -1.78. The largest absolute Gasteiger partial charge is 0.495 e. The molecule has 0 spiro atoms. The molecular formula is C13H20N2O3. The van der Waals surface area contributed by atoms with Crippen molar-refractivity contribution in [1.82, 2.24) is 4.98 Å². The fraction of sp³-hybridized carbons (Fsp3) is 0.538. The van der Waals surface area contributed by atoms with Gasteiger partial charge in [-0.3, -0.25) is 0 Å². The maximum absolute atomic E-state index is 11.6. The number of aromatic nitrogens is 1. The molecule has 0 aromatic carbocycles. The number of rotatable bonds is 6. The maximum atomic E-state index is 11.6. The van der Waals surface area contributed by atoms with Crippen LogP contribution in [0.4, 0.5) is 5.82 Å². The normalized spacial score (nSPS) is 12.1. The van der Waals surface area contributed by atoms with E-state index < -0.39 is 0 Å². The highest BCUT2D eigenvalue weighted by molar-refractivity contribution is 5.78. The summed E-state index contributed by atoms with van der Waals surface area (Å²) in [6.07, 6.45) is 2.30. The predicted molar refractivity (Wildman–Crippen MR) is 69.7 cm³/mol. The summed E-state index contributed by atoms with van der Waals surface area (Å²) >= 11 is 0. The average molecular weight is 252 g/mol. The first-order chi connectivity index (χ1) is 8.56. The number of carbonyl (C=O) groups excluding carboxylic acids is 1. The zero-order chi connectivity index (χ0) is 13.5. The molecule has 0 fully saturated rings. The zero-order valence-electron chi connectivity index (χ0n) is 11.3. The molecule has 0 radical (unpaired) electrons. The van der Waals surface area contributed by atoms with Crippen LogP contribution in [-0.4, -0.2) is 31.2 Å². The van der Waals surface area contributed by atoms with Crippen LogP contribution in [0, 0.1) is 5.92 Å². The van der Waals surface area contributed by atoms with Crippen molar-refractivity contribution in [2.24, 2.45) is 5.92 Å². The number of ether oxygens (including phenoxy) is 2. The summed E-state index contributed by atoms with van der Waals surface area (Å²) in [6.45, 7) is 4.11. The Morgan fingerprint density at radius 2 is 2.11 bits per heavy atom. The number of hydrogen-bond acceptors (Lipinski definition) is 5. The van der Waals surface area contributed by atoms with Gasteiger partial charge in [0.2, 0.25) is 0 Å². The molecule has 0 bridgehead atoms.